The predicted molar refractivity (Wildman–Crippen MR) is 112 cm³/mol. The molecule has 29 heavy (non-hydrogen) atoms. The molecule has 2 aromatic heterocycles. The molecule has 0 spiro atoms. The highest BCUT2D eigenvalue weighted by molar-refractivity contribution is 7.14. The Labute approximate surface area is 170 Å². The third kappa shape index (κ3) is 4.22. The van der Waals surface area contributed by atoms with E-state index in [1.54, 1.807) is 16.3 Å². The summed E-state index contributed by atoms with van der Waals surface area (Å²) >= 11 is 1.24. The van der Waals surface area contributed by atoms with Crippen molar-refractivity contribution in [3.05, 3.63) is 83.5 Å². The number of hydrogen-bond acceptors (Lipinski definition) is 5. The van der Waals surface area contributed by atoms with Gasteiger partial charge in [0.2, 0.25) is 5.91 Å². The third-order valence-corrected chi connectivity index (χ3v) is 4.96. The first-order valence-corrected chi connectivity index (χ1v) is 9.72. The number of nitrogens with two attached hydrogens (primary N) is 1. The number of hydrogen-bond donors (Lipinski definition) is 2. The van der Waals surface area contributed by atoms with Crippen molar-refractivity contribution in [3.8, 4) is 16.9 Å². The molecule has 0 unspecified atom stereocenters. The van der Waals surface area contributed by atoms with Crippen molar-refractivity contribution >= 4 is 28.3 Å². The van der Waals surface area contributed by atoms with Crippen LogP contribution in [0.1, 0.15) is 16.1 Å². The van der Waals surface area contributed by atoms with Gasteiger partial charge in [0.05, 0.1) is 23.4 Å². The van der Waals surface area contributed by atoms with Gasteiger partial charge in [-0.25, -0.2) is 9.67 Å². The quantitative estimate of drug-likeness (QED) is 0.516. The molecule has 0 aliphatic carbocycles. The highest BCUT2D eigenvalue weighted by Crippen LogP contribution is 2.25. The number of benzene rings is 2. The van der Waals surface area contributed by atoms with Crippen LogP contribution in [0.15, 0.2) is 72.2 Å². The number of rotatable bonds is 6. The second kappa shape index (κ2) is 8.07. The lowest BCUT2D eigenvalue weighted by atomic mass is 10.1. The van der Waals surface area contributed by atoms with E-state index in [0.29, 0.717) is 22.1 Å². The van der Waals surface area contributed by atoms with Gasteiger partial charge in [0.1, 0.15) is 5.69 Å². The lowest BCUT2D eigenvalue weighted by molar-refractivity contribution is -0.117. The Morgan fingerprint density at radius 1 is 1.03 bits per heavy atom. The summed E-state index contributed by atoms with van der Waals surface area (Å²) in [5, 5.41) is 9.53. The van der Waals surface area contributed by atoms with Crippen molar-refractivity contribution in [2.75, 3.05) is 5.32 Å². The standard InChI is InChI=1S/C21H17N5O2S/c22-18(27)11-15-13-29-21(23-15)24-20(28)17-12-26(16-9-5-2-6-10-16)25-19(17)14-7-3-1-4-8-14/h1-10,12-13H,11H2,(H2,22,27)(H,23,24,28). The van der Waals surface area contributed by atoms with Gasteiger partial charge in [-0.2, -0.15) is 5.10 Å². The Bertz CT molecular complexity index is 1150. The van der Waals surface area contributed by atoms with Crippen LogP contribution in [0.2, 0.25) is 0 Å². The number of thiazole rings is 1. The minimum absolute atomic E-state index is 0.0353. The summed E-state index contributed by atoms with van der Waals surface area (Å²) in [4.78, 5) is 28.3. The zero-order valence-electron chi connectivity index (χ0n) is 15.3. The molecule has 0 saturated carbocycles. The summed E-state index contributed by atoms with van der Waals surface area (Å²) in [5.74, 6) is -0.797. The van der Waals surface area contributed by atoms with Gasteiger partial charge in [0.15, 0.2) is 5.13 Å². The summed E-state index contributed by atoms with van der Waals surface area (Å²) in [5.41, 5.74) is 8.40. The fourth-order valence-corrected chi connectivity index (χ4v) is 3.56. The van der Waals surface area contributed by atoms with E-state index >= 15 is 0 Å². The van der Waals surface area contributed by atoms with Crippen molar-refractivity contribution in [2.24, 2.45) is 5.73 Å². The zero-order valence-corrected chi connectivity index (χ0v) is 16.1. The van der Waals surface area contributed by atoms with Crippen LogP contribution in [0, 0.1) is 0 Å². The minimum atomic E-state index is -0.469. The van der Waals surface area contributed by atoms with Gasteiger partial charge < -0.3 is 5.73 Å². The van der Waals surface area contributed by atoms with E-state index < -0.39 is 5.91 Å². The number of carbonyl (C=O) groups is 2. The van der Waals surface area contributed by atoms with E-state index in [9.17, 15) is 9.59 Å². The van der Waals surface area contributed by atoms with Gasteiger partial charge in [-0.15, -0.1) is 11.3 Å². The van der Waals surface area contributed by atoms with Crippen molar-refractivity contribution in [2.45, 2.75) is 6.42 Å². The first kappa shape index (κ1) is 18.6. The smallest absolute Gasteiger partial charge is 0.261 e. The average molecular weight is 403 g/mol. The summed E-state index contributed by atoms with van der Waals surface area (Å²) in [6.45, 7) is 0. The van der Waals surface area contributed by atoms with Crippen LogP contribution < -0.4 is 11.1 Å². The molecule has 0 aliphatic rings. The van der Waals surface area contributed by atoms with E-state index in [0.717, 1.165) is 11.3 Å². The summed E-state index contributed by atoms with van der Waals surface area (Å²) in [6.07, 6.45) is 1.73. The lowest BCUT2D eigenvalue weighted by Crippen LogP contribution is -2.14. The molecule has 144 valence electrons. The fraction of sp³-hybridized carbons (Fsp3) is 0.0476. The number of aromatic nitrogens is 3. The number of carbonyl (C=O) groups excluding carboxylic acids is 2. The molecule has 4 aromatic rings. The number of primary amides is 1. The molecule has 3 N–H and O–H groups in total. The van der Waals surface area contributed by atoms with Gasteiger partial charge in [-0.3, -0.25) is 14.9 Å². The molecule has 0 saturated heterocycles. The SMILES string of the molecule is NC(=O)Cc1csc(NC(=O)c2cn(-c3ccccc3)nc2-c2ccccc2)n1. The van der Waals surface area contributed by atoms with Crippen molar-refractivity contribution in [1.82, 2.24) is 14.8 Å². The van der Waals surface area contributed by atoms with Crippen molar-refractivity contribution in [3.63, 3.8) is 0 Å². The van der Waals surface area contributed by atoms with Crippen LogP contribution in [-0.4, -0.2) is 26.6 Å². The molecule has 0 aliphatic heterocycles. The first-order chi connectivity index (χ1) is 14.1. The molecule has 0 bridgehead atoms. The van der Waals surface area contributed by atoms with Gasteiger partial charge in [0, 0.05) is 17.1 Å². The third-order valence-electron chi connectivity index (χ3n) is 4.15. The molecule has 7 nitrogen and oxygen atoms in total. The first-order valence-electron chi connectivity index (χ1n) is 8.85. The van der Waals surface area contributed by atoms with Crippen LogP contribution in [0.5, 0.6) is 0 Å². The van der Waals surface area contributed by atoms with Crippen LogP contribution in [-0.2, 0) is 11.2 Å². The van der Waals surface area contributed by atoms with E-state index in [2.05, 4.69) is 15.4 Å². The largest absolute Gasteiger partial charge is 0.369 e. The molecule has 0 atom stereocenters. The maximum Gasteiger partial charge on any atom is 0.261 e. The number of nitrogens with zero attached hydrogens (tertiary/aromatic N) is 3. The fourth-order valence-electron chi connectivity index (χ4n) is 2.85. The lowest BCUT2D eigenvalue weighted by Gasteiger charge is -2.02. The van der Waals surface area contributed by atoms with Gasteiger partial charge >= 0.3 is 0 Å². The number of amides is 2. The highest BCUT2D eigenvalue weighted by Gasteiger charge is 2.20. The average Bonchev–Trinajstić information content (AvgIpc) is 3.36. The molecule has 0 fully saturated rings. The molecule has 0 radical (unpaired) electrons. The second-order valence-corrected chi connectivity index (χ2v) is 7.14. The maximum absolute atomic E-state index is 13.0. The Morgan fingerprint density at radius 2 is 1.72 bits per heavy atom. The molecule has 8 heteroatoms. The van der Waals surface area contributed by atoms with Crippen molar-refractivity contribution < 1.29 is 9.59 Å². The van der Waals surface area contributed by atoms with E-state index in [1.165, 1.54) is 11.3 Å². The molecular formula is C21H17N5O2S. The minimum Gasteiger partial charge on any atom is -0.369 e. The maximum atomic E-state index is 13.0. The van der Waals surface area contributed by atoms with Gasteiger partial charge in [0.25, 0.3) is 5.91 Å². The summed E-state index contributed by atoms with van der Waals surface area (Å²) in [7, 11) is 0. The van der Waals surface area contributed by atoms with Gasteiger partial charge in [-0.1, -0.05) is 48.5 Å². The monoisotopic (exact) mass is 403 g/mol. The second-order valence-electron chi connectivity index (χ2n) is 6.28. The van der Waals surface area contributed by atoms with Crippen LogP contribution >= 0.6 is 11.3 Å². The Kier molecular flexibility index (Phi) is 5.17. The van der Waals surface area contributed by atoms with Crippen LogP contribution in [0.4, 0.5) is 5.13 Å². The molecule has 2 aromatic carbocycles. The van der Waals surface area contributed by atoms with E-state index in [1.807, 2.05) is 60.7 Å². The van der Waals surface area contributed by atoms with E-state index in [-0.39, 0.29) is 12.3 Å². The molecular weight excluding hydrogens is 386 g/mol. The Balaban J connectivity index is 1.68. The summed E-state index contributed by atoms with van der Waals surface area (Å²) < 4.78 is 1.68. The van der Waals surface area contributed by atoms with Gasteiger partial charge in [-0.05, 0) is 12.1 Å². The van der Waals surface area contributed by atoms with E-state index in [4.69, 9.17) is 5.73 Å². The van der Waals surface area contributed by atoms with Crippen molar-refractivity contribution in [1.29, 1.82) is 0 Å². The molecule has 2 heterocycles. The topological polar surface area (TPSA) is 103 Å². The zero-order chi connectivity index (χ0) is 20.2. The Hall–Kier alpha value is -3.78. The van der Waals surface area contributed by atoms with Crippen LogP contribution in [0.25, 0.3) is 16.9 Å². The predicted octanol–water partition coefficient (Wildman–Crippen LogP) is 3.28. The van der Waals surface area contributed by atoms with Crippen LogP contribution in [0.3, 0.4) is 0 Å². The number of anilines is 1. The molecule has 2 amide bonds. The Morgan fingerprint density at radius 3 is 2.41 bits per heavy atom. The summed E-state index contributed by atoms with van der Waals surface area (Å²) in [6, 6.07) is 19.1. The highest BCUT2D eigenvalue weighted by atomic mass is 32.1. The normalized spacial score (nSPS) is 10.6. The number of para-hydroxylation sites is 1. The number of nitrogens with one attached hydrogen (secondary N) is 1. The molecule has 4 rings (SSSR count).